The zero-order valence-corrected chi connectivity index (χ0v) is 33.9. The van der Waals surface area contributed by atoms with Crippen LogP contribution in [0.1, 0.15) is 69.8 Å². The molecule has 0 N–H and O–H groups in total. The first-order valence-corrected chi connectivity index (χ1v) is 21.8. The summed E-state index contributed by atoms with van der Waals surface area (Å²) in [5.74, 6) is 0.203. The van der Waals surface area contributed by atoms with Crippen molar-refractivity contribution in [3.05, 3.63) is 238 Å². The lowest BCUT2D eigenvalue weighted by molar-refractivity contribution is 0.658. The Balaban J connectivity index is 1.08. The predicted octanol–water partition coefficient (Wildman–Crippen LogP) is 15.1. The molecule has 8 aromatic carbocycles. The molecule has 59 heavy (non-hydrogen) atoms. The van der Waals surface area contributed by atoms with Crippen LogP contribution in [0.2, 0.25) is 0 Å². The van der Waals surface area contributed by atoms with Crippen LogP contribution < -0.4 is 0 Å². The molecular formula is C58H40S. The van der Waals surface area contributed by atoms with E-state index in [-0.39, 0.29) is 11.3 Å². The van der Waals surface area contributed by atoms with Gasteiger partial charge in [0.1, 0.15) is 0 Å². The van der Waals surface area contributed by atoms with E-state index in [1.807, 2.05) is 11.3 Å². The quantitative estimate of drug-likeness (QED) is 0.168. The standard InChI is InChI=1S/C58H40S/c1-57(2)47-28-14-11-24-40(47)46-34-44-37(33-51(46)57)32-45(39-23-10-9-22-38(39)44)41-27-17-31-50-52(41)42-25-12-15-29-48(42)58(50)49-30-16-13-26-43(49)53-54(58)56(36-20-7-4-8-21-36)59-55(53)35-18-5-3-6-19-35/h3-31,33-34,45H,32H2,1-2H3. The molecular weight excluding hydrogens is 729 g/mol. The molecule has 0 saturated carbocycles. The molecule has 0 nitrogen and oxygen atoms in total. The number of rotatable bonds is 3. The Morgan fingerprint density at radius 3 is 1.66 bits per heavy atom. The van der Waals surface area contributed by atoms with E-state index >= 15 is 0 Å². The summed E-state index contributed by atoms with van der Waals surface area (Å²) >= 11 is 1.96. The van der Waals surface area contributed by atoms with E-state index < -0.39 is 5.41 Å². The van der Waals surface area contributed by atoms with Crippen molar-refractivity contribution in [1.29, 1.82) is 0 Å². The highest BCUT2D eigenvalue weighted by atomic mass is 32.1. The van der Waals surface area contributed by atoms with Crippen LogP contribution in [0.4, 0.5) is 0 Å². The van der Waals surface area contributed by atoms with Crippen LogP contribution in [0.15, 0.2) is 188 Å². The van der Waals surface area contributed by atoms with E-state index in [2.05, 4.69) is 202 Å². The van der Waals surface area contributed by atoms with E-state index in [9.17, 15) is 0 Å². The summed E-state index contributed by atoms with van der Waals surface area (Å²) in [6.07, 6.45) is 0.964. The van der Waals surface area contributed by atoms with Crippen LogP contribution in [0.5, 0.6) is 0 Å². The minimum atomic E-state index is -0.467. The van der Waals surface area contributed by atoms with Crippen molar-refractivity contribution in [3.8, 4) is 65.4 Å². The summed E-state index contributed by atoms with van der Waals surface area (Å²) in [6, 6.07) is 71.6. The van der Waals surface area contributed by atoms with Crippen molar-refractivity contribution in [2.75, 3.05) is 0 Å². The topological polar surface area (TPSA) is 0 Å². The van der Waals surface area contributed by atoms with Gasteiger partial charge in [-0.25, -0.2) is 0 Å². The maximum atomic E-state index is 2.58. The van der Waals surface area contributed by atoms with Gasteiger partial charge in [-0.3, -0.25) is 0 Å². The maximum absolute atomic E-state index is 2.58. The van der Waals surface area contributed by atoms with Gasteiger partial charge in [0.15, 0.2) is 0 Å². The van der Waals surface area contributed by atoms with E-state index in [0.717, 1.165) is 6.42 Å². The minimum absolute atomic E-state index is 0.0457. The molecule has 2 atom stereocenters. The molecule has 0 aliphatic heterocycles. The molecule has 9 aromatic rings. The number of benzene rings is 8. The van der Waals surface area contributed by atoms with Crippen molar-refractivity contribution < 1.29 is 0 Å². The van der Waals surface area contributed by atoms with Gasteiger partial charge < -0.3 is 0 Å². The average Bonchev–Trinajstić information content (AvgIpc) is 3.99. The van der Waals surface area contributed by atoms with Gasteiger partial charge in [-0.1, -0.05) is 196 Å². The first kappa shape index (κ1) is 33.4. The predicted molar refractivity (Wildman–Crippen MR) is 246 cm³/mol. The van der Waals surface area contributed by atoms with Crippen LogP contribution in [-0.2, 0) is 17.3 Å². The molecule has 278 valence electrons. The molecule has 4 aliphatic carbocycles. The van der Waals surface area contributed by atoms with Gasteiger partial charge in [-0.05, 0) is 113 Å². The highest BCUT2D eigenvalue weighted by molar-refractivity contribution is 7.19. The van der Waals surface area contributed by atoms with Crippen molar-refractivity contribution in [3.63, 3.8) is 0 Å². The first-order chi connectivity index (χ1) is 29.0. The fourth-order valence-corrected chi connectivity index (χ4v) is 13.2. The number of thiophene rings is 1. The first-order valence-electron chi connectivity index (χ1n) is 21.0. The number of hydrogen-bond acceptors (Lipinski definition) is 1. The van der Waals surface area contributed by atoms with Gasteiger partial charge in [0.2, 0.25) is 0 Å². The third-order valence-corrected chi connectivity index (χ3v) is 15.6. The van der Waals surface area contributed by atoms with Gasteiger partial charge in [-0.2, -0.15) is 0 Å². The van der Waals surface area contributed by atoms with E-state index in [4.69, 9.17) is 0 Å². The molecule has 4 aliphatic rings. The Hall–Kier alpha value is -6.54. The fourth-order valence-electron chi connectivity index (χ4n) is 11.9. The summed E-state index contributed by atoms with van der Waals surface area (Å²) in [4.78, 5) is 2.71. The second-order valence-corrected chi connectivity index (χ2v) is 18.4. The summed E-state index contributed by atoms with van der Waals surface area (Å²) in [7, 11) is 0. The van der Waals surface area contributed by atoms with Gasteiger partial charge in [0, 0.05) is 26.7 Å². The van der Waals surface area contributed by atoms with Gasteiger partial charge in [-0.15, -0.1) is 11.3 Å². The van der Waals surface area contributed by atoms with Crippen LogP contribution in [-0.4, -0.2) is 0 Å². The fraction of sp³-hybridized carbons (Fsp3) is 0.103. The largest absolute Gasteiger partial charge is 0.134 e. The third-order valence-electron chi connectivity index (χ3n) is 14.3. The summed E-state index contributed by atoms with van der Waals surface area (Å²) < 4.78 is 0. The summed E-state index contributed by atoms with van der Waals surface area (Å²) in [5.41, 5.74) is 25.9. The normalized spacial score (nSPS) is 18.0. The minimum Gasteiger partial charge on any atom is -0.134 e. The van der Waals surface area contributed by atoms with E-state index in [0.29, 0.717) is 0 Å². The maximum Gasteiger partial charge on any atom is 0.0740 e. The van der Waals surface area contributed by atoms with Crippen LogP contribution in [0.3, 0.4) is 0 Å². The summed E-state index contributed by atoms with van der Waals surface area (Å²) in [6.45, 7) is 4.81. The van der Waals surface area contributed by atoms with Crippen molar-refractivity contribution >= 4 is 11.3 Å². The molecule has 1 heteroatoms. The van der Waals surface area contributed by atoms with Crippen LogP contribution in [0, 0.1) is 0 Å². The monoisotopic (exact) mass is 768 g/mol. The van der Waals surface area contributed by atoms with Crippen LogP contribution in [0.25, 0.3) is 65.4 Å². The molecule has 1 heterocycles. The molecule has 0 saturated heterocycles. The Morgan fingerprint density at radius 1 is 0.407 bits per heavy atom. The SMILES string of the molecule is CC1(C)c2ccccc2-c2cc3c(cc21)CC(c1cccc2c1-c1ccccc1C21c2ccccc2-c2c(-c4ccccc4)sc(-c4ccccc4)c21)c1ccccc1-3. The number of fused-ring (bicyclic) bond motifs is 16. The molecule has 0 fully saturated rings. The smallest absolute Gasteiger partial charge is 0.0740 e. The number of hydrogen-bond donors (Lipinski definition) is 0. The molecule has 2 unspecified atom stereocenters. The van der Waals surface area contributed by atoms with Crippen molar-refractivity contribution in [1.82, 2.24) is 0 Å². The molecule has 1 aromatic heterocycles. The van der Waals surface area contributed by atoms with E-state index in [1.54, 1.807) is 0 Å². The van der Waals surface area contributed by atoms with E-state index in [1.165, 1.54) is 115 Å². The second-order valence-electron chi connectivity index (χ2n) is 17.4. The molecule has 13 rings (SSSR count). The molecule has 0 bridgehead atoms. The lowest BCUT2D eigenvalue weighted by Crippen LogP contribution is -2.26. The molecule has 0 amide bonds. The summed E-state index contributed by atoms with van der Waals surface area (Å²) in [5, 5.41) is 0. The third kappa shape index (κ3) is 4.28. The zero-order chi connectivity index (χ0) is 39.0. The molecule has 1 spiro atoms. The Labute approximate surface area is 350 Å². The lowest BCUT2D eigenvalue weighted by Gasteiger charge is -2.33. The van der Waals surface area contributed by atoms with Crippen LogP contribution >= 0.6 is 11.3 Å². The van der Waals surface area contributed by atoms with Crippen molar-refractivity contribution in [2.24, 2.45) is 0 Å². The Bertz CT molecular complexity index is 3220. The highest BCUT2D eigenvalue weighted by Crippen LogP contribution is 2.69. The van der Waals surface area contributed by atoms with Gasteiger partial charge in [0.05, 0.1) is 5.41 Å². The lowest BCUT2D eigenvalue weighted by atomic mass is 9.69. The highest BCUT2D eigenvalue weighted by Gasteiger charge is 2.55. The Morgan fingerprint density at radius 2 is 0.949 bits per heavy atom. The average molecular weight is 769 g/mol. The second kappa shape index (κ2) is 12.0. The molecule has 0 radical (unpaired) electrons. The van der Waals surface area contributed by atoms with Gasteiger partial charge >= 0.3 is 0 Å². The zero-order valence-electron chi connectivity index (χ0n) is 33.1. The van der Waals surface area contributed by atoms with Crippen molar-refractivity contribution in [2.45, 2.75) is 37.0 Å². The Kier molecular flexibility index (Phi) is 6.80. The van der Waals surface area contributed by atoms with Gasteiger partial charge in [0.25, 0.3) is 0 Å².